The van der Waals surface area contributed by atoms with E-state index in [4.69, 9.17) is 5.73 Å². The van der Waals surface area contributed by atoms with E-state index in [9.17, 15) is 0 Å². The highest BCUT2D eigenvalue weighted by atomic mass is 127. The lowest BCUT2D eigenvalue weighted by Crippen LogP contribution is -2.37. The monoisotopic (exact) mass is 351 g/mol. The molecule has 0 radical (unpaired) electrons. The second-order valence-electron chi connectivity index (χ2n) is 3.73. The molecule has 0 aliphatic heterocycles. The molecule has 98 valence electrons. The summed E-state index contributed by atoms with van der Waals surface area (Å²) in [7, 11) is 1.93. The predicted molar refractivity (Wildman–Crippen MR) is 81.6 cm³/mol. The average molecular weight is 351 g/mol. The van der Waals surface area contributed by atoms with Gasteiger partial charge in [0.15, 0.2) is 5.96 Å². The maximum absolute atomic E-state index is 5.89. The molecule has 0 amide bonds. The number of aryl methyl sites for hydroxylation is 1. The Hall–Kier alpha value is -0.790. The Balaban J connectivity index is 0.00000256. The van der Waals surface area contributed by atoms with E-state index in [1.165, 1.54) is 0 Å². The Bertz CT molecular complexity index is 368. The van der Waals surface area contributed by atoms with Crippen LogP contribution in [0.2, 0.25) is 0 Å². The first-order valence-corrected chi connectivity index (χ1v) is 5.62. The van der Waals surface area contributed by atoms with Crippen LogP contribution >= 0.6 is 24.0 Å². The lowest BCUT2D eigenvalue weighted by Gasteiger charge is -2.19. The van der Waals surface area contributed by atoms with Crippen LogP contribution in [0.15, 0.2) is 11.2 Å². The number of hydrogen-bond acceptors (Lipinski definition) is 2. The maximum Gasteiger partial charge on any atom is 0.191 e. The molecular weight excluding hydrogens is 329 g/mol. The van der Waals surface area contributed by atoms with E-state index < -0.39 is 0 Å². The van der Waals surface area contributed by atoms with Crippen LogP contribution in [0.5, 0.6) is 0 Å². The Kier molecular flexibility index (Phi) is 7.17. The van der Waals surface area contributed by atoms with Gasteiger partial charge in [0.05, 0.1) is 12.7 Å². The van der Waals surface area contributed by atoms with Crippen LogP contribution in [0.1, 0.15) is 25.1 Å². The van der Waals surface area contributed by atoms with E-state index in [1.807, 2.05) is 29.7 Å². The third-order valence-electron chi connectivity index (χ3n) is 2.84. The highest BCUT2D eigenvalue weighted by molar-refractivity contribution is 14.0. The molecule has 0 spiro atoms. The molecule has 1 heterocycles. The molecule has 0 bridgehead atoms. The van der Waals surface area contributed by atoms with Crippen molar-refractivity contribution in [3.63, 3.8) is 0 Å². The SMILES string of the molecule is CCN(CC)C(N)=NCc1cnn(C)c1C.I. The normalized spacial score (nSPS) is 11.2. The zero-order valence-corrected chi connectivity index (χ0v) is 13.3. The molecule has 1 rings (SSSR count). The molecule has 0 fully saturated rings. The summed E-state index contributed by atoms with van der Waals surface area (Å²) < 4.78 is 1.85. The number of rotatable bonds is 4. The fraction of sp³-hybridized carbons (Fsp3) is 0.636. The van der Waals surface area contributed by atoms with E-state index in [1.54, 1.807) is 0 Å². The van der Waals surface area contributed by atoms with Crippen LogP contribution in [0.4, 0.5) is 0 Å². The Morgan fingerprint density at radius 1 is 1.47 bits per heavy atom. The van der Waals surface area contributed by atoms with Gasteiger partial charge >= 0.3 is 0 Å². The van der Waals surface area contributed by atoms with Crippen LogP contribution in [-0.4, -0.2) is 33.7 Å². The first-order chi connectivity index (χ1) is 7.60. The molecule has 1 aromatic heterocycles. The number of nitrogens with two attached hydrogens (primary N) is 1. The van der Waals surface area contributed by atoms with Gasteiger partial charge in [0.2, 0.25) is 0 Å². The zero-order chi connectivity index (χ0) is 12.1. The minimum absolute atomic E-state index is 0. The van der Waals surface area contributed by atoms with Crippen molar-refractivity contribution in [1.29, 1.82) is 0 Å². The number of hydrogen-bond donors (Lipinski definition) is 1. The molecule has 0 saturated heterocycles. The molecule has 2 N–H and O–H groups in total. The zero-order valence-electron chi connectivity index (χ0n) is 11.0. The van der Waals surface area contributed by atoms with Gasteiger partial charge in [0.1, 0.15) is 0 Å². The van der Waals surface area contributed by atoms with Gasteiger partial charge in [-0.15, -0.1) is 24.0 Å². The molecule has 17 heavy (non-hydrogen) atoms. The van der Waals surface area contributed by atoms with Crippen LogP contribution in [0.25, 0.3) is 0 Å². The van der Waals surface area contributed by atoms with Gasteiger partial charge < -0.3 is 10.6 Å². The molecule has 0 saturated carbocycles. The minimum Gasteiger partial charge on any atom is -0.370 e. The van der Waals surface area contributed by atoms with Crippen LogP contribution in [0, 0.1) is 6.92 Å². The number of aliphatic imine (C=N–C) groups is 1. The van der Waals surface area contributed by atoms with Crippen LogP contribution < -0.4 is 5.73 Å². The van der Waals surface area contributed by atoms with E-state index in [-0.39, 0.29) is 24.0 Å². The van der Waals surface area contributed by atoms with Crippen molar-refractivity contribution in [2.45, 2.75) is 27.3 Å². The van der Waals surface area contributed by atoms with E-state index in [0.717, 1.165) is 24.3 Å². The van der Waals surface area contributed by atoms with Crippen LogP contribution in [-0.2, 0) is 13.6 Å². The molecule has 6 heteroatoms. The highest BCUT2D eigenvalue weighted by Gasteiger charge is 2.05. The molecule has 0 aliphatic rings. The number of halogens is 1. The Morgan fingerprint density at radius 2 is 2.06 bits per heavy atom. The van der Waals surface area contributed by atoms with Gasteiger partial charge in [-0.05, 0) is 20.8 Å². The molecule has 5 nitrogen and oxygen atoms in total. The van der Waals surface area contributed by atoms with Crippen LogP contribution in [0.3, 0.4) is 0 Å². The second kappa shape index (κ2) is 7.52. The minimum atomic E-state index is 0. The van der Waals surface area contributed by atoms with Gasteiger partial charge in [0.25, 0.3) is 0 Å². The van der Waals surface area contributed by atoms with Gasteiger partial charge in [0, 0.05) is 31.4 Å². The summed E-state index contributed by atoms with van der Waals surface area (Å²) in [6.45, 7) is 8.55. The standard InChI is InChI=1S/C11H21N5.HI/c1-5-16(6-2)11(12)13-7-10-8-14-15(4)9(10)3;/h8H,5-7H2,1-4H3,(H2,12,13);1H. The first kappa shape index (κ1) is 16.2. The topological polar surface area (TPSA) is 59.4 Å². The lowest BCUT2D eigenvalue weighted by atomic mass is 10.3. The Labute approximate surface area is 120 Å². The Morgan fingerprint density at radius 3 is 2.47 bits per heavy atom. The van der Waals surface area contributed by atoms with Gasteiger partial charge in [-0.25, -0.2) is 4.99 Å². The molecule has 0 aliphatic carbocycles. The summed E-state index contributed by atoms with van der Waals surface area (Å²) in [5.74, 6) is 0.605. The molecule has 0 aromatic carbocycles. The summed E-state index contributed by atoms with van der Waals surface area (Å²) in [6.07, 6.45) is 1.84. The second-order valence-corrected chi connectivity index (χ2v) is 3.73. The fourth-order valence-corrected chi connectivity index (χ4v) is 1.51. The van der Waals surface area contributed by atoms with Gasteiger partial charge in [-0.2, -0.15) is 5.10 Å². The fourth-order valence-electron chi connectivity index (χ4n) is 1.51. The summed E-state index contributed by atoms with van der Waals surface area (Å²) in [5.41, 5.74) is 8.15. The quantitative estimate of drug-likeness (QED) is 0.508. The van der Waals surface area contributed by atoms with Crippen molar-refractivity contribution < 1.29 is 0 Å². The number of guanidine groups is 1. The number of nitrogens with zero attached hydrogens (tertiary/aromatic N) is 4. The van der Waals surface area contributed by atoms with Gasteiger partial charge in [-0.3, -0.25) is 4.68 Å². The van der Waals surface area contributed by atoms with Crippen molar-refractivity contribution >= 4 is 29.9 Å². The largest absolute Gasteiger partial charge is 0.370 e. The summed E-state index contributed by atoms with van der Waals surface area (Å²) in [4.78, 5) is 6.41. The van der Waals surface area contributed by atoms with Crippen molar-refractivity contribution in [3.05, 3.63) is 17.5 Å². The van der Waals surface area contributed by atoms with Gasteiger partial charge in [-0.1, -0.05) is 0 Å². The van der Waals surface area contributed by atoms with E-state index in [0.29, 0.717) is 12.5 Å². The maximum atomic E-state index is 5.89. The molecule has 0 unspecified atom stereocenters. The third kappa shape index (κ3) is 4.18. The first-order valence-electron chi connectivity index (χ1n) is 5.62. The van der Waals surface area contributed by atoms with Crippen molar-refractivity contribution in [2.75, 3.05) is 13.1 Å². The van der Waals surface area contributed by atoms with E-state index in [2.05, 4.69) is 23.9 Å². The smallest absolute Gasteiger partial charge is 0.191 e. The van der Waals surface area contributed by atoms with Crippen molar-refractivity contribution in [2.24, 2.45) is 17.8 Å². The lowest BCUT2D eigenvalue weighted by molar-refractivity contribution is 0.458. The van der Waals surface area contributed by atoms with E-state index >= 15 is 0 Å². The predicted octanol–water partition coefficient (Wildman–Crippen LogP) is 1.50. The molecule has 0 atom stereocenters. The number of aromatic nitrogens is 2. The third-order valence-corrected chi connectivity index (χ3v) is 2.84. The average Bonchev–Trinajstić information content (AvgIpc) is 2.59. The van der Waals surface area contributed by atoms with Crippen molar-refractivity contribution in [3.8, 4) is 0 Å². The molecule has 1 aromatic rings. The summed E-state index contributed by atoms with van der Waals surface area (Å²) in [5, 5.41) is 4.17. The summed E-state index contributed by atoms with van der Waals surface area (Å²) >= 11 is 0. The highest BCUT2D eigenvalue weighted by Crippen LogP contribution is 2.06. The molecular formula is C11H22IN5. The summed E-state index contributed by atoms with van der Waals surface area (Å²) in [6, 6.07) is 0. The van der Waals surface area contributed by atoms with Crippen molar-refractivity contribution in [1.82, 2.24) is 14.7 Å².